The van der Waals surface area contributed by atoms with E-state index in [1.54, 1.807) is 13.2 Å². The number of fused-ring (bicyclic) bond motifs is 1. The van der Waals surface area contributed by atoms with E-state index >= 15 is 0 Å². The summed E-state index contributed by atoms with van der Waals surface area (Å²) >= 11 is 0. The number of benzene rings is 1. The van der Waals surface area contributed by atoms with Crippen LogP contribution in [0.4, 0.5) is 0 Å². The van der Waals surface area contributed by atoms with E-state index in [9.17, 15) is 4.79 Å². The van der Waals surface area contributed by atoms with Gasteiger partial charge in [0.05, 0.1) is 6.61 Å². The lowest BCUT2D eigenvalue weighted by Crippen LogP contribution is -2.33. The van der Waals surface area contributed by atoms with Crippen molar-refractivity contribution in [2.75, 3.05) is 20.3 Å². The third-order valence-corrected chi connectivity index (χ3v) is 7.22. The SMILES string of the molecule is COCCNC(=O)/C=C(C)/C=C/C1=C(c2ccc3c(c2)C(C)(C)CCC3(C)C)CCCC1. The van der Waals surface area contributed by atoms with Crippen LogP contribution in [-0.2, 0) is 20.4 Å². The van der Waals surface area contributed by atoms with Gasteiger partial charge in [0.15, 0.2) is 0 Å². The number of rotatable bonds is 7. The number of carbonyl (C=O) groups is 1. The van der Waals surface area contributed by atoms with Crippen LogP contribution in [0.25, 0.3) is 5.57 Å². The Balaban J connectivity index is 1.88. The van der Waals surface area contributed by atoms with Gasteiger partial charge in [0.1, 0.15) is 0 Å². The number of ether oxygens (including phenoxy) is 1. The van der Waals surface area contributed by atoms with Gasteiger partial charge in [0, 0.05) is 19.7 Å². The summed E-state index contributed by atoms with van der Waals surface area (Å²) in [7, 11) is 1.63. The Morgan fingerprint density at radius 3 is 2.47 bits per heavy atom. The molecule has 0 fully saturated rings. The Bertz CT molecular complexity index is 930. The molecule has 0 saturated heterocycles. The average molecular weight is 436 g/mol. The third kappa shape index (κ3) is 5.81. The largest absolute Gasteiger partial charge is 0.383 e. The maximum Gasteiger partial charge on any atom is 0.244 e. The molecule has 2 aliphatic rings. The fourth-order valence-corrected chi connectivity index (χ4v) is 5.03. The second-order valence-corrected chi connectivity index (χ2v) is 10.7. The highest BCUT2D eigenvalue weighted by atomic mass is 16.5. The summed E-state index contributed by atoms with van der Waals surface area (Å²) in [6.45, 7) is 12.6. The predicted molar refractivity (Wildman–Crippen MR) is 135 cm³/mol. The first-order valence-electron chi connectivity index (χ1n) is 12.1. The highest BCUT2D eigenvalue weighted by molar-refractivity contribution is 5.88. The summed E-state index contributed by atoms with van der Waals surface area (Å²) < 4.78 is 4.98. The third-order valence-electron chi connectivity index (χ3n) is 7.22. The first-order chi connectivity index (χ1) is 15.1. The highest BCUT2D eigenvalue weighted by Gasteiger charge is 2.37. The van der Waals surface area contributed by atoms with Gasteiger partial charge >= 0.3 is 0 Å². The van der Waals surface area contributed by atoms with E-state index in [0.29, 0.717) is 13.2 Å². The molecule has 1 N–H and O–H groups in total. The van der Waals surface area contributed by atoms with Crippen LogP contribution in [0, 0.1) is 0 Å². The van der Waals surface area contributed by atoms with Crippen LogP contribution in [0.5, 0.6) is 0 Å². The van der Waals surface area contributed by atoms with Gasteiger partial charge in [0.2, 0.25) is 5.91 Å². The van der Waals surface area contributed by atoms with Crippen LogP contribution in [0.3, 0.4) is 0 Å². The van der Waals surface area contributed by atoms with Crippen molar-refractivity contribution in [3.8, 4) is 0 Å². The van der Waals surface area contributed by atoms with Crippen molar-refractivity contribution in [1.82, 2.24) is 5.32 Å². The van der Waals surface area contributed by atoms with E-state index in [4.69, 9.17) is 4.74 Å². The van der Waals surface area contributed by atoms with Gasteiger partial charge in [-0.1, -0.05) is 58.0 Å². The molecule has 1 amide bonds. The number of methoxy groups -OCH3 is 1. The van der Waals surface area contributed by atoms with E-state index in [0.717, 1.165) is 18.4 Å². The fourth-order valence-electron chi connectivity index (χ4n) is 5.03. The van der Waals surface area contributed by atoms with Crippen LogP contribution in [0.15, 0.2) is 47.6 Å². The van der Waals surface area contributed by atoms with E-state index in [2.05, 4.69) is 63.4 Å². The Labute approximate surface area is 195 Å². The molecular weight excluding hydrogens is 394 g/mol. The van der Waals surface area contributed by atoms with Crippen LogP contribution >= 0.6 is 0 Å². The molecule has 0 heterocycles. The molecule has 3 heteroatoms. The molecule has 32 heavy (non-hydrogen) atoms. The Morgan fingerprint density at radius 2 is 1.75 bits per heavy atom. The topological polar surface area (TPSA) is 38.3 Å². The minimum absolute atomic E-state index is 0.0680. The van der Waals surface area contributed by atoms with Gasteiger partial charge in [0.25, 0.3) is 0 Å². The fraction of sp³-hybridized carbons (Fsp3) is 0.552. The van der Waals surface area contributed by atoms with Crippen molar-refractivity contribution in [3.63, 3.8) is 0 Å². The second kappa shape index (κ2) is 10.2. The van der Waals surface area contributed by atoms with Gasteiger partial charge in [-0.05, 0) is 89.7 Å². The Kier molecular flexibility index (Phi) is 7.82. The van der Waals surface area contributed by atoms with Crippen molar-refractivity contribution >= 4 is 11.5 Å². The summed E-state index contributed by atoms with van der Waals surface area (Å²) in [6, 6.07) is 7.23. The molecule has 1 aromatic rings. The lowest BCUT2D eigenvalue weighted by atomic mass is 9.62. The van der Waals surface area contributed by atoms with E-state index in [1.807, 2.05) is 6.92 Å². The molecule has 0 aromatic heterocycles. The lowest BCUT2D eigenvalue weighted by molar-refractivity contribution is -0.116. The van der Waals surface area contributed by atoms with Crippen molar-refractivity contribution in [2.45, 2.75) is 84.0 Å². The van der Waals surface area contributed by atoms with E-state index < -0.39 is 0 Å². The standard InChI is InChI=1S/C29H41NO2/c1-21(19-27(31)30-17-18-32-6)11-12-22-9-7-8-10-24(22)23-13-14-25-26(20-23)29(4,5)16-15-28(25,2)3/h11-14,19-20H,7-10,15-18H2,1-6H3,(H,30,31)/b12-11+,21-19+. The van der Waals surface area contributed by atoms with Crippen LogP contribution < -0.4 is 5.32 Å². The molecule has 1 aromatic carbocycles. The van der Waals surface area contributed by atoms with Gasteiger partial charge in [-0.25, -0.2) is 0 Å². The number of carbonyl (C=O) groups excluding carboxylic acids is 1. The summed E-state index contributed by atoms with van der Waals surface area (Å²) in [4.78, 5) is 12.0. The molecule has 0 aliphatic heterocycles. The minimum Gasteiger partial charge on any atom is -0.383 e. The molecule has 0 spiro atoms. The van der Waals surface area contributed by atoms with Gasteiger partial charge in [-0.2, -0.15) is 0 Å². The van der Waals surface area contributed by atoms with E-state index in [-0.39, 0.29) is 16.7 Å². The molecule has 3 nitrogen and oxygen atoms in total. The van der Waals surface area contributed by atoms with E-state index in [1.165, 1.54) is 53.5 Å². The van der Waals surface area contributed by atoms with Gasteiger partial charge in [-0.3, -0.25) is 4.79 Å². The van der Waals surface area contributed by atoms with Gasteiger partial charge in [-0.15, -0.1) is 0 Å². The quantitative estimate of drug-likeness (QED) is 0.297. The van der Waals surface area contributed by atoms with Gasteiger partial charge < -0.3 is 10.1 Å². The summed E-state index contributed by atoms with van der Waals surface area (Å²) in [6.07, 6.45) is 13.2. The number of hydrogen-bond donors (Lipinski definition) is 1. The number of amides is 1. The summed E-state index contributed by atoms with van der Waals surface area (Å²) in [5.41, 5.74) is 8.75. The zero-order chi connectivity index (χ0) is 23.4. The molecule has 174 valence electrons. The first kappa shape index (κ1) is 24.5. The number of allylic oxidation sites excluding steroid dienone is 5. The molecule has 0 radical (unpaired) electrons. The Morgan fingerprint density at radius 1 is 1.06 bits per heavy atom. The van der Waals surface area contributed by atoms with Crippen LogP contribution in [0.2, 0.25) is 0 Å². The highest BCUT2D eigenvalue weighted by Crippen LogP contribution is 2.47. The van der Waals surface area contributed by atoms with Crippen molar-refractivity contribution in [2.24, 2.45) is 0 Å². The van der Waals surface area contributed by atoms with Crippen molar-refractivity contribution < 1.29 is 9.53 Å². The summed E-state index contributed by atoms with van der Waals surface area (Å²) in [5.74, 6) is -0.0680. The van der Waals surface area contributed by atoms with Crippen molar-refractivity contribution in [1.29, 1.82) is 0 Å². The first-order valence-corrected chi connectivity index (χ1v) is 12.1. The molecular formula is C29H41NO2. The second-order valence-electron chi connectivity index (χ2n) is 10.7. The molecule has 3 rings (SSSR count). The monoisotopic (exact) mass is 435 g/mol. The minimum atomic E-state index is -0.0680. The number of nitrogens with one attached hydrogen (secondary N) is 1. The summed E-state index contributed by atoms with van der Waals surface area (Å²) in [5, 5.41) is 2.84. The maximum absolute atomic E-state index is 12.0. The number of hydrogen-bond acceptors (Lipinski definition) is 2. The average Bonchev–Trinajstić information content (AvgIpc) is 2.76. The zero-order valence-corrected chi connectivity index (χ0v) is 20.9. The lowest BCUT2D eigenvalue weighted by Gasteiger charge is -2.42. The van der Waals surface area contributed by atoms with Crippen molar-refractivity contribution in [3.05, 3.63) is 64.3 Å². The Hall–Kier alpha value is -2.13. The molecule has 0 atom stereocenters. The molecule has 0 saturated carbocycles. The molecule has 0 unspecified atom stereocenters. The smallest absolute Gasteiger partial charge is 0.244 e. The maximum atomic E-state index is 12.0. The molecule has 0 bridgehead atoms. The van der Waals surface area contributed by atoms with Crippen LogP contribution in [0.1, 0.15) is 89.8 Å². The predicted octanol–water partition coefficient (Wildman–Crippen LogP) is 6.63. The molecule has 2 aliphatic carbocycles. The zero-order valence-electron chi connectivity index (χ0n) is 20.9. The normalized spacial score (nSPS) is 20.4. The van der Waals surface area contributed by atoms with Crippen LogP contribution in [-0.4, -0.2) is 26.2 Å².